The van der Waals surface area contributed by atoms with E-state index in [1.54, 1.807) is 0 Å². The number of hydrogen-bond acceptors (Lipinski definition) is 2. The summed E-state index contributed by atoms with van der Waals surface area (Å²) >= 11 is 0. The van der Waals surface area contributed by atoms with Crippen LogP contribution in [0.15, 0.2) is 18.3 Å². The first-order valence-electron chi connectivity index (χ1n) is 4.66. The van der Waals surface area contributed by atoms with E-state index in [1.807, 2.05) is 6.07 Å². The van der Waals surface area contributed by atoms with E-state index in [1.165, 1.54) is 18.4 Å². The molecule has 66 valence electrons. The first-order valence-corrected chi connectivity index (χ1v) is 4.66. The van der Waals surface area contributed by atoms with E-state index < -0.39 is 0 Å². The van der Waals surface area contributed by atoms with Gasteiger partial charge in [-0.15, -0.1) is 10.2 Å². The second-order valence-corrected chi connectivity index (χ2v) is 3.77. The summed E-state index contributed by atoms with van der Waals surface area (Å²) < 4.78 is 2.12. The molecule has 0 aliphatic heterocycles. The van der Waals surface area contributed by atoms with Crippen LogP contribution in [-0.4, -0.2) is 14.6 Å². The molecule has 0 unspecified atom stereocenters. The van der Waals surface area contributed by atoms with Crippen LogP contribution in [0, 0.1) is 6.92 Å². The van der Waals surface area contributed by atoms with Crippen LogP contribution in [-0.2, 0) is 0 Å². The lowest BCUT2D eigenvalue weighted by atomic mass is 10.3. The molecule has 0 aromatic carbocycles. The molecular formula is C10H11N3. The first-order chi connectivity index (χ1) is 6.34. The predicted octanol–water partition coefficient (Wildman–Crippen LogP) is 1.92. The molecule has 3 rings (SSSR count). The van der Waals surface area contributed by atoms with Gasteiger partial charge in [0.25, 0.3) is 0 Å². The lowest BCUT2D eigenvalue weighted by Crippen LogP contribution is -1.92. The monoisotopic (exact) mass is 173 g/mol. The van der Waals surface area contributed by atoms with Crippen LogP contribution in [0.25, 0.3) is 5.65 Å². The quantitative estimate of drug-likeness (QED) is 0.659. The maximum absolute atomic E-state index is 4.21. The molecule has 0 radical (unpaired) electrons. The third-order valence-electron chi connectivity index (χ3n) is 2.52. The van der Waals surface area contributed by atoms with Crippen LogP contribution in [0.3, 0.4) is 0 Å². The maximum atomic E-state index is 4.21. The highest BCUT2D eigenvalue weighted by molar-refractivity contribution is 5.40. The summed E-state index contributed by atoms with van der Waals surface area (Å²) in [5.74, 6) is 1.80. The minimum atomic E-state index is 0.664. The minimum Gasteiger partial charge on any atom is -0.286 e. The van der Waals surface area contributed by atoms with Gasteiger partial charge in [-0.1, -0.05) is 6.07 Å². The number of aromatic nitrogens is 3. The van der Waals surface area contributed by atoms with Gasteiger partial charge in [0.2, 0.25) is 0 Å². The van der Waals surface area contributed by atoms with Crippen molar-refractivity contribution in [3.05, 3.63) is 29.7 Å². The Morgan fingerprint density at radius 2 is 2.15 bits per heavy atom. The van der Waals surface area contributed by atoms with E-state index in [2.05, 4.69) is 33.8 Å². The Labute approximate surface area is 76.4 Å². The molecule has 3 heteroatoms. The molecule has 1 fully saturated rings. The molecule has 0 spiro atoms. The molecule has 13 heavy (non-hydrogen) atoms. The summed E-state index contributed by atoms with van der Waals surface area (Å²) in [6.07, 6.45) is 4.66. The van der Waals surface area contributed by atoms with Crippen LogP contribution in [0.2, 0.25) is 0 Å². The lowest BCUT2D eigenvalue weighted by molar-refractivity contribution is 0.895. The maximum Gasteiger partial charge on any atom is 0.160 e. The van der Waals surface area contributed by atoms with Crippen molar-refractivity contribution in [2.75, 3.05) is 0 Å². The molecule has 2 aromatic rings. The third-order valence-corrected chi connectivity index (χ3v) is 2.52. The summed E-state index contributed by atoms with van der Waals surface area (Å²) in [4.78, 5) is 0. The van der Waals surface area contributed by atoms with Gasteiger partial charge in [-0.2, -0.15) is 0 Å². The fourth-order valence-corrected chi connectivity index (χ4v) is 1.63. The van der Waals surface area contributed by atoms with Crippen LogP contribution >= 0.6 is 0 Å². The van der Waals surface area contributed by atoms with Gasteiger partial charge in [-0.25, -0.2) is 0 Å². The normalized spacial score (nSPS) is 16.7. The molecule has 0 saturated heterocycles. The van der Waals surface area contributed by atoms with Crippen molar-refractivity contribution in [1.29, 1.82) is 0 Å². The number of rotatable bonds is 1. The summed E-state index contributed by atoms with van der Waals surface area (Å²) in [6, 6.07) is 4.09. The summed E-state index contributed by atoms with van der Waals surface area (Å²) in [7, 11) is 0. The van der Waals surface area contributed by atoms with Gasteiger partial charge in [0.05, 0.1) is 0 Å². The van der Waals surface area contributed by atoms with Gasteiger partial charge in [0, 0.05) is 12.1 Å². The topological polar surface area (TPSA) is 30.2 Å². The molecule has 0 N–H and O–H groups in total. The van der Waals surface area contributed by atoms with Gasteiger partial charge in [0.15, 0.2) is 5.65 Å². The average molecular weight is 173 g/mol. The summed E-state index contributed by atoms with van der Waals surface area (Å²) in [5.41, 5.74) is 2.22. The van der Waals surface area contributed by atoms with Crippen LogP contribution in [0.1, 0.15) is 30.1 Å². The molecule has 1 aliphatic rings. The van der Waals surface area contributed by atoms with Crippen molar-refractivity contribution >= 4 is 5.65 Å². The number of hydrogen-bond donors (Lipinski definition) is 0. The van der Waals surface area contributed by atoms with Gasteiger partial charge >= 0.3 is 0 Å². The van der Waals surface area contributed by atoms with E-state index in [4.69, 9.17) is 0 Å². The van der Waals surface area contributed by atoms with Crippen molar-refractivity contribution in [3.63, 3.8) is 0 Å². The standard InChI is InChI=1S/C10H11N3/c1-7-2-5-9-11-12-10(8-3-4-8)13(9)6-7/h2,5-6,8H,3-4H2,1H3. The molecule has 2 heterocycles. The van der Waals surface area contributed by atoms with Crippen LogP contribution < -0.4 is 0 Å². The highest BCUT2D eigenvalue weighted by Crippen LogP contribution is 2.38. The van der Waals surface area contributed by atoms with E-state index in [9.17, 15) is 0 Å². The van der Waals surface area contributed by atoms with Gasteiger partial charge in [-0.05, 0) is 31.4 Å². The number of fused-ring (bicyclic) bond motifs is 1. The molecule has 0 atom stereocenters. The molecule has 2 aromatic heterocycles. The molecule has 0 bridgehead atoms. The molecule has 3 nitrogen and oxygen atoms in total. The minimum absolute atomic E-state index is 0.664. The molecule has 1 saturated carbocycles. The average Bonchev–Trinajstić information content (AvgIpc) is 2.87. The fourth-order valence-electron chi connectivity index (χ4n) is 1.63. The van der Waals surface area contributed by atoms with E-state index in [-0.39, 0.29) is 0 Å². The zero-order chi connectivity index (χ0) is 8.84. The van der Waals surface area contributed by atoms with Gasteiger partial charge in [0.1, 0.15) is 5.82 Å². The van der Waals surface area contributed by atoms with E-state index in [0.29, 0.717) is 5.92 Å². The fraction of sp³-hybridized carbons (Fsp3) is 0.400. The van der Waals surface area contributed by atoms with Crippen molar-refractivity contribution in [3.8, 4) is 0 Å². The highest BCUT2D eigenvalue weighted by atomic mass is 15.2. The first kappa shape index (κ1) is 7.06. The van der Waals surface area contributed by atoms with E-state index >= 15 is 0 Å². The SMILES string of the molecule is Cc1ccc2nnc(C3CC3)n2c1. The zero-order valence-corrected chi connectivity index (χ0v) is 7.57. The van der Waals surface area contributed by atoms with Crippen molar-refractivity contribution in [2.45, 2.75) is 25.7 Å². The van der Waals surface area contributed by atoms with Crippen LogP contribution in [0.5, 0.6) is 0 Å². The molecule has 1 aliphatic carbocycles. The van der Waals surface area contributed by atoms with Crippen LogP contribution in [0.4, 0.5) is 0 Å². The largest absolute Gasteiger partial charge is 0.286 e. The van der Waals surface area contributed by atoms with Gasteiger partial charge < -0.3 is 0 Å². The van der Waals surface area contributed by atoms with Crippen molar-refractivity contribution in [1.82, 2.24) is 14.6 Å². The van der Waals surface area contributed by atoms with E-state index in [0.717, 1.165) is 11.5 Å². The second-order valence-electron chi connectivity index (χ2n) is 3.77. The Morgan fingerprint density at radius 3 is 2.92 bits per heavy atom. The number of nitrogens with zero attached hydrogens (tertiary/aromatic N) is 3. The van der Waals surface area contributed by atoms with Crippen molar-refractivity contribution in [2.24, 2.45) is 0 Å². The molecule has 0 amide bonds. The van der Waals surface area contributed by atoms with Gasteiger partial charge in [-0.3, -0.25) is 4.40 Å². The Bertz CT molecular complexity index is 454. The highest BCUT2D eigenvalue weighted by Gasteiger charge is 2.28. The predicted molar refractivity (Wildman–Crippen MR) is 49.7 cm³/mol. The van der Waals surface area contributed by atoms with Crippen molar-refractivity contribution < 1.29 is 0 Å². The smallest absolute Gasteiger partial charge is 0.160 e. The number of aryl methyl sites for hydroxylation is 1. The Hall–Kier alpha value is -1.38. The Kier molecular flexibility index (Phi) is 1.26. The third kappa shape index (κ3) is 1.03. The summed E-state index contributed by atoms with van der Waals surface area (Å²) in [5, 5.41) is 8.35. The Morgan fingerprint density at radius 1 is 1.31 bits per heavy atom. The zero-order valence-electron chi connectivity index (χ0n) is 7.57. The molecular weight excluding hydrogens is 162 g/mol. The number of pyridine rings is 1. The Balaban J connectivity index is 2.29. The second kappa shape index (κ2) is 2.31. The summed E-state index contributed by atoms with van der Waals surface area (Å²) in [6.45, 7) is 2.09. The lowest BCUT2D eigenvalue weighted by Gasteiger charge is -1.97.